The fraction of sp³-hybridized carbons (Fsp3) is 0.619. The molecule has 0 bridgehead atoms. The third-order valence-corrected chi connectivity index (χ3v) is 7.48. The maximum absolute atomic E-state index is 13.2. The average molecular weight is 471 g/mol. The molecule has 0 amide bonds. The third kappa shape index (κ3) is 5.03. The van der Waals surface area contributed by atoms with Crippen molar-refractivity contribution in [3.63, 3.8) is 0 Å². The van der Waals surface area contributed by atoms with E-state index in [1.807, 2.05) is 4.90 Å². The van der Waals surface area contributed by atoms with E-state index in [1.165, 1.54) is 32.1 Å². The van der Waals surface area contributed by atoms with Crippen molar-refractivity contribution in [3.8, 4) is 0 Å². The summed E-state index contributed by atoms with van der Waals surface area (Å²) in [6.45, 7) is 4.05. The van der Waals surface area contributed by atoms with E-state index in [9.17, 15) is 28.1 Å². The largest absolute Gasteiger partial charge is 0.416 e. The monoisotopic (exact) mass is 470 g/mol. The summed E-state index contributed by atoms with van der Waals surface area (Å²) in [4.78, 5) is 31.6. The summed E-state index contributed by atoms with van der Waals surface area (Å²) in [7, 11) is 0. The van der Waals surface area contributed by atoms with Crippen LogP contribution in [0.5, 0.6) is 0 Å². The minimum atomic E-state index is -4.79. The Balaban J connectivity index is 1.60. The SMILES string of the molecule is O=c1nc(N2CCCN(CC3CCCCC3)CC2)sc2c([N+](=O)[O-])cc(C(F)(F)F)cc12. The third-order valence-electron chi connectivity index (χ3n) is 6.31. The van der Waals surface area contributed by atoms with Crippen LogP contribution in [0.3, 0.4) is 0 Å². The van der Waals surface area contributed by atoms with Crippen molar-refractivity contribution in [2.75, 3.05) is 37.6 Å². The van der Waals surface area contributed by atoms with Gasteiger partial charge in [0.2, 0.25) is 0 Å². The summed E-state index contributed by atoms with van der Waals surface area (Å²) in [6, 6.07) is 1.16. The van der Waals surface area contributed by atoms with Crippen molar-refractivity contribution in [1.29, 1.82) is 0 Å². The lowest BCUT2D eigenvalue weighted by molar-refractivity contribution is -0.383. The van der Waals surface area contributed by atoms with Gasteiger partial charge in [0.05, 0.1) is 15.9 Å². The lowest BCUT2D eigenvalue weighted by Gasteiger charge is -2.28. The molecule has 0 atom stereocenters. The molecule has 0 radical (unpaired) electrons. The highest BCUT2D eigenvalue weighted by Gasteiger charge is 2.34. The molecular formula is C21H25F3N4O3S. The van der Waals surface area contributed by atoms with Crippen LogP contribution in [0.4, 0.5) is 24.0 Å². The second-order valence-corrected chi connectivity index (χ2v) is 9.55. The Kier molecular flexibility index (Phi) is 6.66. The minimum absolute atomic E-state index is 0.0682. The summed E-state index contributed by atoms with van der Waals surface area (Å²) in [5.74, 6) is 0.718. The van der Waals surface area contributed by atoms with E-state index in [0.29, 0.717) is 30.4 Å². The van der Waals surface area contributed by atoms with Gasteiger partial charge < -0.3 is 9.80 Å². The molecule has 4 rings (SSSR count). The molecule has 0 unspecified atom stereocenters. The number of aromatic nitrogens is 1. The predicted molar refractivity (Wildman–Crippen MR) is 117 cm³/mol. The number of fused-ring (bicyclic) bond motifs is 1. The molecular weight excluding hydrogens is 445 g/mol. The molecule has 1 aromatic carbocycles. The number of non-ortho nitro benzene ring substituents is 1. The molecule has 2 fully saturated rings. The highest BCUT2D eigenvalue weighted by Crippen LogP contribution is 2.38. The zero-order valence-electron chi connectivity index (χ0n) is 17.6. The van der Waals surface area contributed by atoms with Gasteiger partial charge in [-0.2, -0.15) is 18.2 Å². The Labute approximate surface area is 187 Å². The van der Waals surface area contributed by atoms with E-state index in [-0.39, 0.29) is 10.1 Å². The maximum Gasteiger partial charge on any atom is 0.416 e. The van der Waals surface area contributed by atoms with Crippen molar-refractivity contribution >= 4 is 32.2 Å². The van der Waals surface area contributed by atoms with Gasteiger partial charge in [0.15, 0.2) is 5.13 Å². The smallest absolute Gasteiger partial charge is 0.347 e. The summed E-state index contributed by atoms with van der Waals surface area (Å²) in [5, 5.41) is 11.4. The second-order valence-electron chi connectivity index (χ2n) is 8.57. The topological polar surface area (TPSA) is 79.6 Å². The van der Waals surface area contributed by atoms with Gasteiger partial charge in [0.25, 0.3) is 11.2 Å². The number of benzene rings is 1. The Hall–Kier alpha value is -2.27. The van der Waals surface area contributed by atoms with Crippen LogP contribution in [0.25, 0.3) is 10.1 Å². The second kappa shape index (κ2) is 9.30. The highest BCUT2D eigenvalue weighted by atomic mass is 32.1. The quantitative estimate of drug-likeness (QED) is 0.477. The Morgan fingerprint density at radius 3 is 2.53 bits per heavy atom. The van der Waals surface area contributed by atoms with E-state index in [2.05, 4.69) is 9.88 Å². The fourth-order valence-electron chi connectivity index (χ4n) is 4.66. The van der Waals surface area contributed by atoms with Crippen LogP contribution in [-0.2, 0) is 6.18 Å². The molecule has 0 N–H and O–H groups in total. The summed E-state index contributed by atoms with van der Waals surface area (Å²) < 4.78 is 39.4. The molecule has 11 heteroatoms. The van der Waals surface area contributed by atoms with Crippen LogP contribution in [-0.4, -0.2) is 47.5 Å². The summed E-state index contributed by atoms with van der Waals surface area (Å²) in [6.07, 6.45) is 2.48. The molecule has 174 valence electrons. The first-order valence-corrected chi connectivity index (χ1v) is 11.7. The maximum atomic E-state index is 13.2. The summed E-state index contributed by atoms with van der Waals surface area (Å²) >= 11 is 0.915. The van der Waals surface area contributed by atoms with Crippen LogP contribution in [0.2, 0.25) is 0 Å². The van der Waals surface area contributed by atoms with E-state index in [4.69, 9.17) is 0 Å². The first-order valence-electron chi connectivity index (χ1n) is 10.9. The van der Waals surface area contributed by atoms with Crippen molar-refractivity contribution in [2.24, 2.45) is 5.92 Å². The van der Waals surface area contributed by atoms with Gasteiger partial charge in [-0.1, -0.05) is 30.6 Å². The molecule has 1 saturated carbocycles. The zero-order valence-corrected chi connectivity index (χ0v) is 18.4. The van der Waals surface area contributed by atoms with Crippen molar-refractivity contribution < 1.29 is 18.1 Å². The average Bonchev–Trinajstić information content (AvgIpc) is 2.98. The van der Waals surface area contributed by atoms with Crippen LogP contribution < -0.4 is 10.5 Å². The number of hydrogen-bond donors (Lipinski definition) is 0. The molecule has 2 aliphatic rings. The molecule has 32 heavy (non-hydrogen) atoms. The Morgan fingerprint density at radius 1 is 1.09 bits per heavy atom. The molecule has 1 aliphatic carbocycles. The van der Waals surface area contributed by atoms with E-state index in [1.54, 1.807) is 0 Å². The van der Waals surface area contributed by atoms with Crippen molar-refractivity contribution in [2.45, 2.75) is 44.7 Å². The van der Waals surface area contributed by atoms with Gasteiger partial charge in [-0.05, 0) is 37.8 Å². The Bertz CT molecular complexity index is 1050. The first-order chi connectivity index (χ1) is 15.2. The van der Waals surface area contributed by atoms with E-state index >= 15 is 0 Å². The number of nitrogens with zero attached hydrogens (tertiary/aromatic N) is 4. The summed E-state index contributed by atoms with van der Waals surface area (Å²) in [5.41, 5.74) is -2.80. The standard InChI is InChI=1S/C21H25F3N4O3S/c22-21(23,24)15-11-16-18(17(12-15)28(30)31)32-20(25-19(16)29)27-8-4-7-26(9-10-27)13-14-5-2-1-3-6-14/h11-12,14H,1-10,13H2. The van der Waals surface area contributed by atoms with Crippen LogP contribution in [0.15, 0.2) is 16.9 Å². The van der Waals surface area contributed by atoms with Gasteiger partial charge in [0, 0.05) is 32.2 Å². The number of nitro groups is 1. The lowest BCUT2D eigenvalue weighted by atomic mass is 9.89. The molecule has 1 saturated heterocycles. The molecule has 2 aromatic rings. The molecule has 2 heterocycles. The van der Waals surface area contributed by atoms with Crippen LogP contribution >= 0.6 is 11.3 Å². The van der Waals surface area contributed by atoms with E-state index in [0.717, 1.165) is 43.3 Å². The number of hydrogen-bond acceptors (Lipinski definition) is 7. The number of anilines is 1. The predicted octanol–water partition coefficient (Wildman–Crippen LogP) is 4.68. The van der Waals surface area contributed by atoms with Gasteiger partial charge in [-0.15, -0.1) is 0 Å². The molecule has 0 spiro atoms. The van der Waals surface area contributed by atoms with Gasteiger partial charge in [0.1, 0.15) is 4.70 Å². The number of halogens is 3. The normalized spacial score (nSPS) is 19.3. The van der Waals surface area contributed by atoms with Gasteiger partial charge in [-0.25, -0.2) is 0 Å². The number of alkyl halides is 3. The van der Waals surface area contributed by atoms with Crippen molar-refractivity contribution in [1.82, 2.24) is 9.88 Å². The van der Waals surface area contributed by atoms with Gasteiger partial charge in [-0.3, -0.25) is 14.9 Å². The lowest BCUT2D eigenvalue weighted by Crippen LogP contribution is -2.35. The molecule has 1 aromatic heterocycles. The van der Waals surface area contributed by atoms with E-state index < -0.39 is 27.9 Å². The first kappa shape index (κ1) is 22.9. The zero-order chi connectivity index (χ0) is 22.9. The number of nitro benzene ring substituents is 1. The number of rotatable bonds is 4. The molecule has 1 aliphatic heterocycles. The van der Waals surface area contributed by atoms with Gasteiger partial charge >= 0.3 is 6.18 Å². The fourth-order valence-corrected chi connectivity index (χ4v) is 5.77. The minimum Gasteiger partial charge on any atom is -0.347 e. The highest BCUT2D eigenvalue weighted by molar-refractivity contribution is 7.22. The Morgan fingerprint density at radius 2 is 1.84 bits per heavy atom. The van der Waals surface area contributed by atoms with Crippen LogP contribution in [0, 0.1) is 16.0 Å². The van der Waals surface area contributed by atoms with Crippen LogP contribution in [0.1, 0.15) is 44.1 Å². The molecule has 7 nitrogen and oxygen atoms in total. The van der Waals surface area contributed by atoms with Crippen molar-refractivity contribution in [3.05, 3.63) is 38.2 Å².